The van der Waals surface area contributed by atoms with Gasteiger partial charge in [0, 0.05) is 38.2 Å². The zero-order chi connectivity index (χ0) is 20.4. The van der Waals surface area contributed by atoms with Crippen LogP contribution in [0.15, 0.2) is 12.2 Å². The number of hydrogen-bond acceptors (Lipinski definition) is 7. The smallest absolute Gasteiger partial charge is 0.305 e. The minimum absolute atomic E-state index is 0.119. The van der Waals surface area contributed by atoms with Crippen LogP contribution in [0.3, 0.4) is 0 Å². The van der Waals surface area contributed by atoms with Gasteiger partial charge in [-0.3, -0.25) is 9.59 Å². The van der Waals surface area contributed by atoms with E-state index in [2.05, 4.69) is 4.74 Å². The quantitative estimate of drug-likeness (QED) is 0.243. The van der Waals surface area contributed by atoms with Crippen molar-refractivity contribution in [2.75, 3.05) is 13.7 Å². The monoisotopic (exact) mass is 396 g/mol. The number of carbonyl (C=O) groups excluding carboxylic acids is 3. The maximum absolute atomic E-state index is 11.8. The van der Waals surface area contributed by atoms with Crippen molar-refractivity contribution in [1.29, 1.82) is 0 Å². The molecule has 5 atom stereocenters. The minimum Gasteiger partial charge on any atom is -0.469 e. The van der Waals surface area contributed by atoms with Gasteiger partial charge in [-0.15, -0.1) is 0 Å². The van der Waals surface area contributed by atoms with Crippen LogP contribution >= 0.6 is 0 Å². The van der Waals surface area contributed by atoms with Gasteiger partial charge < -0.3 is 23.7 Å². The standard InChI is InChI=1S/C21H32O7/c1-15(23)27-18-13-19(28-21-11-7-8-12-26-21)17(14-22)16(18)9-5-3-4-6-10-20(24)25-2/h3,5,14,16-19,21H,4,6-13H2,1-2H3/b5-3-/t16-,17-,18+,19-,21?/m1/s1. The van der Waals surface area contributed by atoms with Crippen LogP contribution in [0.2, 0.25) is 0 Å². The molecule has 158 valence electrons. The first-order valence-electron chi connectivity index (χ1n) is 10.2. The Kier molecular flexibility index (Phi) is 9.64. The minimum atomic E-state index is -0.351. The number of unbranched alkanes of at least 4 members (excludes halogenated alkanes) is 1. The number of carbonyl (C=O) groups is 3. The van der Waals surface area contributed by atoms with Crippen LogP contribution in [0.1, 0.15) is 58.3 Å². The van der Waals surface area contributed by atoms with Crippen molar-refractivity contribution in [1.82, 2.24) is 0 Å². The van der Waals surface area contributed by atoms with E-state index in [4.69, 9.17) is 14.2 Å². The molecule has 7 heteroatoms. The third-order valence-electron chi connectivity index (χ3n) is 5.36. The SMILES string of the molecule is COC(=O)CCC/C=C\C[C@@H]1[C@@H](C=O)[C@H](OC2CCCCO2)C[C@@H]1OC(C)=O. The lowest BCUT2D eigenvalue weighted by Gasteiger charge is -2.27. The Morgan fingerprint density at radius 1 is 1.18 bits per heavy atom. The fourth-order valence-corrected chi connectivity index (χ4v) is 3.93. The molecule has 0 bridgehead atoms. The normalized spacial score (nSPS) is 30.3. The first-order chi connectivity index (χ1) is 13.5. The summed E-state index contributed by atoms with van der Waals surface area (Å²) in [5.74, 6) is -1.03. The van der Waals surface area contributed by atoms with Gasteiger partial charge in [0.05, 0.1) is 13.2 Å². The van der Waals surface area contributed by atoms with Gasteiger partial charge in [-0.05, 0) is 38.5 Å². The highest BCUT2D eigenvalue weighted by molar-refractivity contribution is 5.69. The lowest BCUT2D eigenvalue weighted by atomic mass is 9.91. The lowest BCUT2D eigenvalue weighted by Crippen LogP contribution is -2.32. The summed E-state index contributed by atoms with van der Waals surface area (Å²) in [6, 6.07) is 0. The predicted molar refractivity (Wildman–Crippen MR) is 101 cm³/mol. The Hall–Kier alpha value is -1.73. The van der Waals surface area contributed by atoms with Crippen molar-refractivity contribution < 1.29 is 33.3 Å². The van der Waals surface area contributed by atoms with Crippen LogP contribution in [-0.2, 0) is 33.3 Å². The van der Waals surface area contributed by atoms with Gasteiger partial charge in [0.1, 0.15) is 12.4 Å². The Bertz CT molecular complexity index is 539. The average Bonchev–Trinajstić information content (AvgIpc) is 3.00. The molecule has 2 rings (SSSR count). The summed E-state index contributed by atoms with van der Waals surface area (Å²) in [5, 5.41) is 0. The number of rotatable bonds is 10. The number of aldehydes is 1. The average molecular weight is 396 g/mol. The fourth-order valence-electron chi connectivity index (χ4n) is 3.93. The maximum atomic E-state index is 11.8. The molecule has 1 saturated heterocycles. The zero-order valence-electron chi connectivity index (χ0n) is 16.8. The van der Waals surface area contributed by atoms with Crippen molar-refractivity contribution in [3.63, 3.8) is 0 Å². The van der Waals surface area contributed by atoms with E-state index in [0.717, 1.165) is 32.0 Å². The third kappa shape index (κ3) is 7.02. The molecule has 0 aromatic rings. The van der Waals surface area contributed by atoms with Gasteiger partial charge in [-0.1, -0.05) is 12.2 Å². The summed E-state index contributed by atoms with van der Waals surface area (Å²) in [4.78, 5) is 34.4. The van der Waals surface area contributed by atoms with Crippen molar-refractivity contribution in [2.24, 2.45) is 11.8 Å². The molecule has 0 amide bonds. The maximum Gasteiger partial charge on any atom is 0.305 e. The van der Waals surface area contributed by atoms with E-state index in [1.54, 1.807) is 0 Å². The molecule has 1 heterocycles. The summed E-state index contributed by atoms with van der Waals surface area (Å²) in [6.45, 7) is 2.06. The van der Waals surface area contributed by atoms with Crippen molar-refractivity contribution in [3.8, 4) is 0 Å². The molecule has 1 aliphatic carbocycles. The van der Waals surface area contributed by atoms with E-state index in [1.807, 2.05) is 12.2 Å². The topological polar surface area (TPSA) is 88.1 Å². The molecule has 1 saturated carbocycles. The first kappa shape index (κ1) is 22.6. The van der Waals surface area contributed by atoms with E-state index < -0.39 is 0 Å². The fraction of sp³-hybridized carbons (Fsp3) is 0.762. The summed E-state index contributed by atoms with van der Waals surface area (Å²) < 4.78 is 21.8. The summed E-state index contributed by atoms with van der Waals surface area (Å²) in [6.07, 6.45) is 9.85. The molecule has 0 aromatic heterocycles. The largest absolute Gasteiger partial charge is 0.469 e. The molecule has 1 aliphatic heterocycles. The molecule has 0 N–H and O–H groups in total. The third-order valence-corrected chi connectivity index (χ3v) is 5.36. The predicted octanol–water partition coefficient (Wildman–Crippen LogP) is 2.95. The van der Waals surface area contributed by atoms with Gasteiger partial charge in [-0.2, -0.15) is 0 Å². The van der Waals surface area contributed by atoms with Crippen molar-refractivity contribution >= 4 is 18.2 Å². The molecule has 2 aliphatic rings. The molecular formula is C21H32O7. The Morgan fingerprint density at radius 3 is 2.64 bits per heavy atom. The van der Waals surface area contributed by atoms with Crippen LogP contribution in [0.4, 0.5) is 0 Å². The lowest BCUT2D eigenvalue weighted by molar-refractivity contribution is -0.195. The summed E-state index contributed by atoms with van der Waals surface area (Å²) in [5.41, 5.74) is 0. The summed E-state index contributed by atoms with van der Waals surface area (Å²) in [7, 11) is 1.38. The highest BCUT2D eigenvalue weighted by atomic mass is 16.7. The molecule has 7 nitrogen and oxygen atoms in total. The number of allylic oxidation sites excluding steroid dienone is 2. The first-order valence-corrected chi connectivity index (χ1v) is 10.2. The van der Waals surface area contributed by atoms with Gasteiger partial charge in [0.25, 0.3) is 0 Å². The number of methoxy groups -OCH3 is 1. The van der Waals surface area contributed by atoms with Gasteiger partial charge in [0.15, 0.2) is 6.29 Å². The molecule has 0 aromatic carbocycles. The summed E-state index contributed by atoms with van der Waals surface area (Å²) >= 11 is 0. The molecular weight excluding hydrogens is 364 g/mol. The van der Waals surface area contributed by atoms with Gasteiger partial charge >= 0.3 is 11.9 Å². The Morgan fingerprint density at radius 2 is 2.00 bits per heavy atom. The zero-order valence-corrected chi connectivity index (χ0v) is 16.8. The second-order valence-electron chi connectivity index (χ2n) is 7.41. The van der Waals surface area contributed by atoms with Crippen molar-refractivity contribution in [2.45, 2.75) is 76.8 Å². The van der Waals surface area contributed by atoms with E-state index in [-0.39, 0.29) is 42.3 Å². The number of ether oxygens (including phenoxy) is 4. The van der Waals surface area contributed by atoms with E-state index in [9.17, 15) is 14.4 Å². The van der Waals surface area contributed by atoms with E-state index in [0.29, 0.717) is 32.3 Å². The second kappa shape index (κ2) is 12.0. The number of hydrogen-bond donors (Lipinski definition) is 0. The molecule has 1 unspecified atom stereocenters. The molecule has 2 fully saturated rings. The molecule has 0 spiro atoms. The van der Waals surface area contributed by atoms with E-state index >= 15 is 0 Å². The highest BCUT2D eigenvalue weighted by Gasteiger charge is 2.46. The molecule has 0 radical (unpaired) electrons. The Labute approximate surface area is 166 Å². The van der Waals surface area contributed by atoms with E-state index in [1.165, 1.54) is 14.0 Å². The highest BCUT2D eigenvalue weighted by Crippen LogP contribution is 2.39. The van der Waals surface area contributed by atoms with Crippen molar-refractivity contribution in [3.05, 3.63) is 12.2 Å². The van der Waals surface area contributed by atoms with Crippen LogP contribution in [0.5, 0.6) is 0 Å². The molecule has 28 heavy (non-hydrogen) atoms. The second-order valence-corrected chi connectivity index (χ2v) is 7.41. The Balaban J connectivity index is 1.91. The van der Waals surface area contributed by atoms with Crippen LogP contribution in [-0.4, -0.2) is 50.4 Å². The number of esters is 2. The van der Waals surface area contributed by atoms with Crippen LogP contribution in [0, 0.1) is 11.8 Å². The van der Waals surface area contributed by atoms with Crippen LogP contribution in [0.25, 0.3) is 0 Å². The van der Waals surface area contributed by atoms with Crippen LogP contribution < -0.4 is 0 Å². The van der Waals surface area contributed by atoms with Gasteiger partial charge in [0.2, 0.25) is 0 Å². The van der Waals surface area contributed by atoms with Gasteiger partial charge in [-0.25, -0.2) is 0 Å².